The first-order valence-electron chi connectivity index (χ1n) is 10.5. The quantitative estimate of drug-likeness (QED) is 0.568. The molecule has 31 heavy (non-hydrogen) atoms. The van der Waals surface area contributed by atoms with Gasteiger partial charge in [0, 0.05) is 24.7 Å². The molecule has 2 aromatic heterocycles. The van der Waals surface area contributed by atoms with E-state index in [4.69, 9.17) is 9.47 Å². The van der Waals surface area contributed by atoms with Crippen molar-refractivity contribution in [1.82, 2.24) is 19.9 Å². The maximum absolute atomic E-state index is 14.0. The third kappa shape index (κ3) is 5.19. The van der Waals surface area contributed by atoms with Gasteiger partial charge in [0.05, 0.1) is 31.2 Å². The number of ether oxygens (including phenoxy) is 2. The number of hydrogen-bond acceptors (Lipinski definition) is 5. The van der Waals surface area contributed by atoms with E-state index in [2.05, 4.69) is 15.3 Å². The fourth-order valence-corrected chi connectivity index (χ4v) is 3.85. The minimum Gasteiger partial charge on any atom is -0.477 e. The van der Waals surface area contributed by atoms with E-state index >= 15 is 0 Å². The highest BCUT2D eigenvalue weighted by Gasteiger charge is 2.31. The molecule has 0 saturated heterocycles. The monoisotopic (exact) mass is 426 g/mol. The van der Waals surface area contributed by atoms with Gasteiger partial charge in [0.15, 0.2) is 0 Å². The topological polar surface area (TPSA) is 78.3 Å². The van der Waals surface area contributed by atoms with E-state index in [-0.39, 0.29) is 23.9 Å². The lowest BCUT2D eigenvalue weighted by atomic mass is 9.83. The van der Waals surface area contributed by atoms with Gasteiger partial charge in [-0.3, -0.25) is 4.79 Å². The van der Waals surface area contributed by atoms with E-state index in [0.29, 0.717) is 37.1 Å². The molecule has 1 N–H and O–H groups in total. The van der Waals surface area contributed by atoms with Crippen LogP contribution in [-0.4, -0.2) is 45.8 Å². The van der Waals surface area contributed by atoms with Crippen LogP contribution in [0.25, 0.3) is 11.0 Å². The first kappa shape index (κ1) is 21.2. The van der Waals surface area contributed by atoms with Crippen LogP contribution in [0.1, 0.15) is 32.3 Å². The summed E-state index contributed by atoms with van der Waals surface area (Å²) in [6.45, 7) is 4.90. The highest BCUT2D eigenvalue weighted by molar-refractivity contribution is 5.81. The van der Waals surface area contributed by atoms with Crippen molar-refractivity contribution < 1.29 is 18.7 Å². The minimum absolute atomic E-state index is 0.00972. The van der Waals surface area contributed by atoms with Gasteiger partial charge >= 0.3 is 0 Å². The predicted octanol–water partition coefficient (Wildman–Crippen LogP) is 3.32. The Morgan fingerprint density at radius 3 is 2.87 bits per heavy atom. The highest BCUT2D eigenvalue weighted by Crippen LogP contribution is 2.32. The summed E-state index contributed by atoms with van der Waals surface area (Å²) in [5, 5.41) is 3.63. The predicted molar refractivity (Wildman–Crippen MR) is 114 cm³/mol. The molecule has 0 radical (unpaired) electrons. The standard InChI is InChI=1S/C23H27FN4O3/c1-15(27-16(2)29)12-30-19-9-17(10-19)13-31-23-20-7-8-28(22(20)25-14-26-23)11-18-5-3-4-6-21(18)24/h3-8,14-15,17,19H,9-13H2,1-2H3,(H,27,29)/t15-,17?,19?/m0/s1. The summed E-state index contributed by atoms with van der Waals surface area (Å²) in [6, 6.07) is 8.65. The van der Waals surface area contributed by atoms with Gasteiger partial charge in [-0.2, -0.15) is 0 Å². The van der Waals surface area contributed by atoms with Gasteiger partial charge in [0.2, 0.25) is 11.8 Å². The Labute approximate surface area is 180 Å². The number of halogens is 1. The molecule has 4 rings (SSSR count). The normalized spacial score (nSPS) is 19.1. The second-order valence-corrected chi connectivity index (χ2v) is 8.16. The number of nitrogens with zero attached hydrogens (tertiary/aromatic N) is 3. The molecule has 0 unspecified atom stereocenters. The first-order valence-corrected chi connectivity index (χ1v) is 10.5. The number of benzene rings is 1. The van der Waals surface area contributed by atoms with Gasteiger partial charge in [0.25, 0.3) is 0 Å². The SMILES string of the molecule is CC(=O)N[C@@H](C)COC1CC(COc2ncnc3c2ccn3Cc2ccccc2F)C1. The van der Waals surface area contributed by atoms with Crippen molar-refractivity contribution in [2.75, 3.05) is 13.2 Å². The molecule has 3 aromatic rings. The summed E-state index contributed by atoms with van der Waals surface area (Å²) in [6.07, 6.45) is 5.41. The number of fused-ring (bicyclic) bond motifs is 1. The Balaban J connectivity index is 1.30. The summed E-state index contributed by atoms with van der Waals surface area (Å²) in [5.74, 6) is 0.672. The van der Waals surface area contributed by atoms with Crippen LogP contribution in [0, 0.1) is 11.7 Å². The van der Waals surface area contributed by atoms with Crippen molar-refractivity contribution in [3.8, 4) is 5.88 Å². The molecule has 1 atom stereocenters. The van der Waals surface area contributed by atoms with Gasteiger partial charge in [-0.15, -0.1) is 0 Å². The van der Waals surface area contributed by atoms with Gasteiger partial charge in [-0.25, -0.2) is 14.4 Å². The minimum atomic E-state index is -0.233. The second-order valence-electron chi connectivity index (χ2n) is 8.16. The number of amides is 1. The van der Waals surface area contributed by atoms with Crippen LogP contribution in [-0.2, 0) is 16.1 Å². The Hall–Kier alpha value is -3.00. The van der Waals surface area contributed by atoms with Crippen LogP contribution < -0.4 is 10.1 Å². The summed E-state index contributed by atoms with van der Waals surface area (Å²) >= 11 is 0. The zero-order valence-corrected chi connectivity index (χ0v) is 17.8. The third-order valence-electron chi connectivity index (χ3n) is 5.50. The van der Waals surface area contributed by atoms with Crippen LogP contribution in [0.15, 0.2) is 42.9 Å². The summed E-state index contributed by atoms with van der Waals surface area (Å²) in [4.78, 5) is 19.7. The molecule has 1 fully saturated rings. The summed E-state index contributed by atoms with van der Waals surface area (Å²) in [5.41, 5.74) is 1.32. The highest BCUT2D eigenvalue weighted by atomic mass is 19.1. The van der Waals surface area contributed by atoms with Crippen molar-refractivity contribution in [3.63, 3.8) is 0 Å². The molecule has 164 valence electrons. The van der Waals surface area contributed by atoms with Crippen molar-refractivity contribution in [2.24, 2.45) is 5.92 Å². The molecular weight excluding hydrogens is 399 g/mol. The van der Waals surface area contributed by atoms with Crippen molar-refractivity contribution in [3.05, 3.63) is 54.2 Å². The Bertz CT molecular complexity index is 1050. The molecule has 1 aliphatic carbocycles. The second kappa shape index (κ2) is 9.43. The summed E-state index contributed by atoms with van der Waals surface area (Å²) < 4.78 is 27.7. The molecule has 7 nitrogen and oxygen atoms in total. The molecule has 8 heteroatoms. The number of rotatable bonds is 9. The average Bonchev–Trinajstić information content (AvgIpc) is 3.11. The van der Waals surface area contributed by atoms with E-state index in [1.807, 2.05) is 29.8 Å². The smallest absolute Gasteiger partial charge is 0.226 e. The molecule has 1 aliphatic rings. The van der Waals surface area contributed by atoms with Crippen LogP contribution in [0.2, 0.25) is 0 Å². The van der Waals surface area contributed by atoms with Crippen molar-refractivity contribution in [1.29, 1.82) is 0 Å². The number of aromatic nitrogens is 3. The molecule has 0 bridgehead atoms. The zero-order valence-electron chi connectivity index (χ0n) is 17.8. The number of carbonyl (C=O) groups excluding carboxylic acids is 1. The molecule has 1 amide bonds. The van der Waals surface area contributed by atoms with Crippen LogP contribution in [0.4, 0.5) is 4.39 Å². The fraction of sp³-hybridized carbons (Fsp3) is 0.435. The lowest BCUT2D eigenvalue weighted by Gasteiger charge is -2.35. The number of carbonyl (C=O) groups is 1. The van der Waals surface area contributed by atoms with Gasteiger partial charge in [-0.1, -0.05) is 18.2 Å². The van der Waals surface area contributed by atoms with Gasteiger partial charge in [0.1, 0.15) is 17.8 Å². The van der Waals surface area contributed by atoms with Crippen molar-refractivity contribution in [2.45, 2.75) is 45.4 Å². The average molecular weight is 426 g/mol. The fourth-order valence-electron chi connectivity index (χ4n) is 3.85. The van der Waals surface area contributed by atoms with Crippen LogP contribution in [0.5, 0.6) is 5.88 Å². The van der Waals surface area contributed by atoms with E-state index in [1.165, 1.54) is 19.3 Å². The lowest BCUT2D eigenvalue weighted by Crippen LogP contribution is -2.40. The Morgan fingerprint density at radius 2 is 2.10 bits per heavy atom. The molecule has 1 aromatic carbocycles. The van der Waals surface area contributed by atoms with E-state index in [0.717, 1.165) is 23.9 Å². The van der Waals surface area contributed by atoms with E-state index in [1.54, 1.807) is 12.1 Å². The molecule has 0 spiro atoms. The Morgan fingerprint density at radius 1 is 1.29 bits per heavy atom. The van der Waals surface area contributed by atoms with Crippen LogP contribution >= 0.6 is 0 Å². The van der Waals surface area contributed by atoms with Gasteiger partial charge < -0.3 is 19.4 Å². The van der Waals surface area contributed by atoms with E-state index < -0.39 is 0 Å². The molecular formula is C23H27FN4O3. The maximum atomic E-state index is 14.0. The zero-order chi connectivity index (χ0) is 21.8. The molecule has 1 saturated carbocycles. The molecule has 2 heterocycles. The van der Waals surface area contributed by atoms with Crippen molar-refractivity contribution >= 4 is 16.9 Å². The summed E-state index contributed by atoms with van der Waals surface area (Å²) in [7, 11) is 0. The van der Waals surface area contributed by atoms with E-state index in [9.17, 15) is 9.18 Å². The largest absolute Gasteiger partial charge is 0.477 e. The lowest BCUT2D eigenvalue weighted by molar-refractivity contribution is -0.120. The number of nitrogens with one attached hydrogen (secondary N) is 1. The molecule has 0 aliphatic heterocycles. The maximum Gasteiger partial charge on any atom is 0.226 e. The van der Waals surface area contributed by atoms with Gasteiger partial charge in [-0.05, 0) is 37.8 Å². The Kier molecular flexibility index (Phi) is 6.46. The third-order valence-corrected chi connectivity index (χ3v) is 5.50. The number of hydrogen-bond donors (Lipinski definition) is 1. The van der Waals surface area contributed by atoms with Crippen LogP contribution in [0.3, 0.4) is 0 Å². The first-order chi connectivity index (χ1) is 15.0.